The zero-order valence-electron chi connectivity index (χ0n) is 18.4. The lowest BCUT2D eigenvalue weighted by Crippen LogP contribution is -2.36. The van der Waals surface area contributed by atoms with Crippen molar-refractivity contribution in [3.63, 3.8) is 0 Å². The number of hydrogen-bond acceptors (Lipinski definition) is 4. The fourth-order valence-electron chi connectivity index (χ4n) is 5.28. The molecule has 0 radical (unpaired) electrons. The number of hydrogen-bond donors (Lipinski definition) is 0. The average Bonchev–Trinajstić information content (AvgIpc) is 3.13. The minimum atomic E-state index is -0.253. The van der Waals surface area contributed by atoms with Gasteiger partial charge in [-0.25, -0.2) is 0 Å². The Morgan fingerprint density at radius 2 is 2.00 bits per heavy atom. The van der Waals surface area contributed by atoms with Gasteiger partial charge < -0.3 is 9.47 Å². The minimum absolute atomic E-state index is 0.167. The van der Waals surface area contributed by atoms with Crippen molar-refractivity contribution in [3.8, 4) is 11.8 Å². The Balaban J connectivity index is 1.52. The molecule has 0 saturated carbocycles. The third-order valence-electron chi connectivity index (χ3n) is 6.92. The third kappa shape index (κ3) is 3.35. The van der Waals surface area contributed by atoms with Gasteiger partial charge in [-0.05, 0) is 64.1 Å². The number of esters is 1. The van der Waals surface area contributed by atoms with Gasteiger partial charge in [0, 0.05) is 18.8 Å². The summed E-state index contributed by atoms with van der Waals surface area (Å²) in [5, 5.41) is 12.2. The van der Waals surface area contributed by atoms with Gasteiger partial charge in [-0.3, -0.25) is 4.79 Å². The molecule has 0 heterocycles. The molecule has 4 heteroatoms. The zero-order valence-corrected chi connectivity index (χ0v) is 18.4. The Hall–Kier alpha value is -3.58. The van der Waals surface area contributed by atoms with E-state index >= 15 is 0 Å². The van der Waals surface area contributed by atoms with Crippen molar-refractivity contribution in [1.29, 1.82) is 5.26 Å². The van der Waals surface area contributed by atoms with E-state index in [1.165, 1.54) is 12.5 Å². The predicted octanol–water partition coefficient (Wildman–Crippen LogP) is 5.96. The first-order chi connectivity index (χ1) is 15.5. The van der Waals surface area contributed by atoms with Crippen molar-refractivity contribution in [3.05, 3.63) is 82.9 Å². The van der Waals surface area contributed by atoms with Gasteiger partial charge >= 0.3 is 5.97 Å². The molecule has 0 bridgehead atoms. The monoisotopic (exact) mass is 423 g/mol. The molecule has 0 aliphatic heterocycles. The lowest BCUT2D eigenvalue weighted by molar-refractivity contribution is -0.150. The van der Waals surface area contributed by atoms with Crippen LogP contribution in [-0.4, -0.2) is 12.1 Å². The normalized spacial score (nSPS) is 21.3. The molecule has 0 N–H and O–H groups in total. The SMILES string of the molecule is CC(=O)O[C@H]1CC=C2c3c(C#N)cc4cc(OCc5ccccc5)ccc4c3CC[C@@]21C. The van der Waals surface area contributed by atoms with Gasteiger partial charge in [0.15, 0.2) is 0 Å². The number of benzene rings is 3. The molecule has 0 spiro atoms. The van der Waals surface area contributed by atoms with Crippen molar-refractivity contribution < 1.29 is 14.3 Å². The van der Waals surface area contributed by atoms with Gasteiger partial charge in [-0.2, -0.15) is 5.26 Å². The summed E-state index contributed by atoms with van der Waals surface area (Å²) in [6.07, 6.45) is 4.42. The Morgan fingerprint density at radius 1 is 1.19 bits per heavy atom. The Kier molecular flexibility index (Phi) is 4.98. The summed E-state index contributed by atoms with van der Waals surface area (Å²) in [6.45, 7) is 4.13. The van der Waals surface area contributed by atoms with Crippen LogP contribution in [0.3, 0.4) is 0 Å². The van der Waals surface area contributed by atoms with E-state index in [0.29, 0.717) is 18.6 Å². The van der Waals surface area contributed by atoms with Gasteiger partial charge in [0.05, 0.1) is 11.6 Å². The lowest BCUT2D eigenvalue weighted by Gasteiger charge is -2.39. The lowest BCUT2D eigenvalue weighted by atomic mass is 9.67. The fourth-order valence-corrected chi connectivity index (χ4v) is 5.28. The van der Waals surface area contributed by atoms with Crippen LogP contribution in [0.2, 0.25) is 0 Å². The standard InChI is InChI=1S/C28H25NO3/c1-18(30)32-26-11-10-25-27-21(16-29)14-20-15-22(31-17-19-6-4-3-5-7-19)8-9-23(20)24(27)12-13-28(25,26)2/h3-10,14-15,26H,11-13,17H2,1-2H3/t26-,28-/m0/s1. The second kappa shape index (κ2) is 7.84. The molecule has 2 aliphatic carbocycles. The first-order valence-electron chi connectivity index (χ1n) is 11.0. The van der Waals surface area contributed by atoms with Crippen LogP contribution in [0.15, 0.2) is 60.7 Å². The molecule has 2 atom stereocenters. The molecule has 4 nitrogen and oxygen atoms in total. The molecule has 0 fully saturated rings. The quantitative estimate of drug-likeness (QED) is 0.486. The fraction of sp³-hybridized carbons (Fsp3) is 0.286. The van der Waals surface area contributed by atoms with E-state index in [0.717, 1.165) is 46.1 Å². The Labute approximate surface area is 188 Å². The third-order valence-corrected chi connectivity index (χ3v) is 6.92. The maximum absolute atomic E-state index is 11.6. The summed E-state index contributed by atoms with van der Waals surface area (Å²) in [7, 11) is 0. The minimum Gasteiger partial charge on any atom is -0.489 e. The highest BCUT2D eigenvalue weighted by Gasteiger charge is 2.47. The van der Waals surface area contributed by atoms with Crippen molar-refractivity contribution in [2.45, 2.75) is 45.8 Å². The Bertz CT molecular complexity index is 1290. The molecular weight excluding hydrogens is 398 g/mol. The number of ether oxygens (including phenoxy) is 2. The molecule has 2 aliphatic rings. The summed E-state index contributed by atoms with van der Waals surface area (Å²) in [4.78, 5) is 11.6. The number of fused-ring (bicyclic) bond motifs is 5. The van der Waals surface area contributed by atoms with Crippen LogP contribution < -0.4 is 4.74 Å². The van der Waals surface area contributed by atoms with E-state index in [9.17, 15) is 10.1 Å². The van der Waals surface area contributed by atoms with E-state index in [1.54, 1.807) is 0 Å². The number of aryl methyl sites for hydroxylation is 1. The van der Waals surface area contributed by atoms with Gasteiger partial charge in [-0.1, -0.05) is 49.4 Å². The van der Waals surface area contributed by atoms with Crippen LogP contribution in [0.5, 0.6) is 5.75 Å². The number of rotatable bonds is 4. The topological polar surface area (TPSA) is 59.3 Å². The van der Waals surface area contributed by atoms with Gasteiger partial charge in [-0.15, -0.1) is 0 Å². The highest BCUT2D eigenvalue weighted by atomic mass is 16.5. The summed E-state index contributed by atoms with van der Waals surface area (Å²) in [6, 6.07) is 20.6. The number of nitriles is 1. The van der Waals surface area contributed by atoms with Crippen LogP contribution in [-0.2, 0) is 22.6 Å². The molecule has 0 unspecified atom stereocenters. The molecule has 0 amide bonds. The Morgan fingerprint density at radius 3 is 2.75 bits per heavy atom. The summed E-state index contributed by atoms with van der Waals surface area (Å²) >= 11 is 0. The van der Waals surface area contributed by atoms with E-state index in [-0.39, 0.29) is 17.5 Å². The number of nitrogens with zero attached hydrogens (tertiary/aromatic N) is 1. The summed E-state index contributed by atoms with van der Waals surface area (Å²) in [5.74, 6) is 0.541. The van der Waals surface area contributed by atoms with Crippen molar-refractivity contribution in [1.82, 2.24) is 0 Å². The molecule has 5 rings (SSSR count). The van der Waals surface area contributed by atoms with Crippen molar-refractivity contribution >= 4 is 22.3 Å². The highest BCUT2D eigenvalue weighted by Crippen LogP contribution is 2.55. The largest absolute Gasteiger partial charge is 0.489 e. The van der Waals surface area contributed by atoms with E-state index < -0.39 is 0 Å². The molecule has 3 aromatic rings. The summed E-state index contributed by atoms with van der Waals surface area (Å²) in [5.41, 5.74) is 4.92. The highest BCUT2D eigenvalue weighted by molar-refractivity contribution is 5.96. The zero-order chi connectivity index (χ0) is 22.3. The average molecular weight is 424 g/mol. The number of carbonyl (C=O) groups is 1. The first kappa shape index (κ1) is 20.3. The molecular formula is C28H25NO3. The number of carbonyl (C=O) groups excluding carboxylic acids is 1. The second-order valence-corrected chi connectivity index (χ2v) is 8.92. The van der Waals surface area contributed by atoms with Crippen LogP contribution in [0.4, 0.5) is 0 Å². The van der Waals surface area contributed by atoms with Crippen LogP contribution >= 0.6 is 0 Å². The van der Waals surface area contributed by atoms with Crippen LogP contribution in [0.25, 0.3) is 16.3 Å². The summed E-state index contributed by atoms with van der Waals surface area (Å²) < 4.78 is 11.7. The maximum Gasteiger partial charge on any atom is 0.302 e. The van der Waals surface area contributed by atoms with Gasteiger partial charge in [0.1, 0.15) is 18.5 Å². The smallest absolute Gasteiger partial charge is 0.302 e. The molecule has 32 heavy (non-hydrogen) atoms. The molecule has 0 saturated heterocycles. The van der Waals surface area contributed by atoms with Crippen LogP contribution in [0, 0.1) is 16.7 Å². The van der Waals surface area contributed by atoms with Crippen LogP contribution in [0.1, 0.15) is 48.9 Å². The van der Waals surface area contributed by atoms with Gasteiger partial charge in [0.25, 0.3) is 0 Å². The van der Waals surface area contributed by atoms with Crippen molar-refractivity contribution in [2.24, 2.45) is 5.41 Å². The predicted molar refractivity (Wildman–Crippen MR) is 124 cm³/mol. The van der Waals surface area contributed by atoms with Crippen molar-refractivity contribution in [2.75, 3.05) is 0 Å². The van der Waals surface area contributed by atoms with E-state index in [2.05, 4.69) is 25.1 Å². The molecule has 3 aromatic carbocycles. The maximum atomic E-state index is 11.6. The first-order valence-corrected chi connectivity index (χ1v) is 11.0. The van der Waals surface area contributed by atoms with E-state index in [4.69, 9.17) is 9.47 Å². The van der Waals surface area contributed by atoms with E-state index in [1.807, 2.05) is 48.5 Å². The molecule has 0 aromatic heterocycles. The molecule has 160 valence electrons. The van der Waals surface area contributed by atoms with Gasteiger partial charge in [0.2, 0.25) is 0 Å². The second-order valence-electron chi connectivity index (χ2n) is 8.92.